The summed E-state index contributed by atoms with van der Waals surface area (Å²) in [5, 5.41) is 18.8. The number of nitrogens with zero attached hydrogens (tertiary/aromatic N) is 2. The number of aromatic nitrogens is 1. The van der Waals surface area contributed by atoms with Crippen molar-refractivity contribution >= 4 is 5.69 Å². The van der Waals surface area contributed by atoms with Crippen LogP contribution in [0.25, 0.3) is 0 Å². The lowest BCUT2D eigenvalue weighted by Crippen LogP contribution is -2.24. The summed E-state index contributed by atoms with van der Waals surface area (Å²) in [4.78, 5) is 20.5. The lowest BCUT2D eigenvalue weighted by Gasteiger charge is -2.02. The standard InChI is InChI=1S/C7H7FN2O4/c8-5-3-6(10(13)14)7(12)9(4-5)1-2-11/h3-4,11H,1-2H2. The Balaban J connectivity index is 3.32. The zero-order valence-electron chi connectivity index (χ0n) is 7.01. The third-order valence-electron chi connectivity index (χ3n) is 1.57. The Labute approximate surface area is 77.4 Å². The predicted octanol–water partition coefficient (Wildman–Crippen LogP) is -0.112. The van der Waals surface area contributed by atoms with E-state index in [-0.39, 0.29) is 13.2 Å². The summed E-state index contributed by atoms with van der Waals surface area (Å²) in [5.41, 5.74) is -1.76. The van der Waals surface area contributed by atoms with E-state index in [9.17, 15) is 19.3 Å². The first-order chi connectivity index (χ1) is 6.56. The zero-order chi connectivity index (χ0) is 10.7. The smallest absolute Gasteiger partial charge is 0.337 e. The molecule has 1 heterocycles. The van der Waals surface area contributed by atoms with E-state index in [1.807, 2.05) is 0 Å². The SMILES string of the molecule is O=c1c([N+](=O)[O-])cc(F)cn1CCO. The van der Waals surface area contributed by atoms with Crippen LogP contribution >= 0.6 is 0 Å². The van der Waals surface area contributed by atoms with E-state index in [1.165, 1.54) is 0 Å². The van der Waals surface area contributed by atoms with Crippen molar-refractivity contribution in [3.63, 3.8) is 0 Å². The molecule has 1 aromatic heterocycles. The Morgan fingerprint density at radius 3 is 2.79 bits per heavy atom. The van der Waals surface area contributed by atoms with E-state index >= 15 is 0 Å². The first-order valence-corrected chi connectivity index (χ1v) is 3.71. The molecule has 76 valence electrons. The summed E-state index contributed by atoms with van der Waals surface area (Å²) in [6, 6.07) is 0.552. The number of halogens is 1. The number of hydrogen-bond donors (Lipinski definition) is 1. The lowest BCUT2D eigenvalue weighted by molar-refractivity contribution is -0.386. The van der Waals surface area contributed by atoms with Crippen molar-refractivity contribution in [3.05, 3.63) is 38.5 Å². The van der Waals surface area contributed by atoms with Crippen molar-refractivity contribution in [2.75, 3.05) is 6.61 Å². The maximum absolute atomic E-state index is 12.7. The normalized spacial score (nSPS) is 10.1. The highest BCUT2D eigenvalue weighted by Crippen LogP contribution is 2.05. The first kappa shape index (κ1) is 10.3. The van der Waals surface area contributed by atoms with Crippen molar-refractivity contribution in [3.8, 4) is 0 Å². The number of nitro groups is 1. The number of rotatable bonds is 3. The summed E-state index contributed by atoms with van der Waals surface area (Å²) >= 11 is 0. The minimum atomic E-state index is -0.959. The minimum Gasteiger partial charge on any atom is -0.395 e. The molecule has 0 spiro atoms. The molecule has 0 saturated heterocycles. The quantitative estimate of drug-likeness (QED) is 0.547. The Bertz CT molecular complexity index is 415. The Morgan fingerprint density at radius 2 is 2.29 bits per heavy atom. The molecule has 0 aliphatic rings. The van der Waals surface area contributed by atoms with Crippen LogP contribution in [0.15, 0.2) is 17.1 Å². The molecule has 7 heteroatoms. The summed E-state index contributed by atoms with van der Waals surface area (Å²) in [5.74, 6) is -0.884. The van der Waals surface area contributed by atoms with Gasteiger partial charge in [-0.1, -0.05) is 0 Å². The van der Waals surface area contributed by atoms with Gasteiger partial charge in [-0.15, -0.1) is 0 Å². The second kappa shape index (κ2) is 3.97. The molecule has 0 aliphatic heterocycles. The molecule has 0 unspecified atom stereocenters. The maximum atomic E-state index is 12.7. The van der Waals surface area contributed by atoms with E-state index in [0.717, 1.165) is 10.8 Å². The molecule has 0 aromatic carbocycles. The van der Waals surface area contributed by atoms with Gasteiger partial charge in [0.05, 0.1) is 17.6 Å². The second-order valence-electron chi connectivity index (χ2n) is 2.52. The van der Waals surface area contributed by atoms with Crippen molar-refractivity contribution in [1.29, 1.82) is 0 Å². The van der Waals surface area contributed by atoms with Crippen LogP contribution in [0.4, 0.5) is 10.1 Å². The molecule has 0 bridgehead atoms. The monoisotopic (exact) mass is 202 g/mol. The van der Waals surface area contributed by atoms with Gasteiger partial charge in [-0.2, -0.15) is 0 Å². The molecule has 0 amide bonds. The second-order valence-corrected chi connectivity index (χ2v) is 2.52. The molecule has 1 aromatic rings. The molecule has 6 nitrogen and oxygen atoms in total. The van der Waals surface area contributed by atoms with Gasteiger partial charge in [-0.3, -0.25) is 14.9 Å². The fourth-order valence-corrected chi connectivity index (χ4v) is 0.989. The fraction of sp³-hybridized carbons (Fsp3) is 0.286. The van der Waals surface area contributed by atoms with Crippen LogP contribution < -0.4 is 5.56 Å². The van der Waals surface area contributed by atoms with Gasteiger partial charge >= 0.3 is 11.2 Å². The van der Waals surface area contributed by atoms with Crippen molar-refractivity contribution in [1.82, 2.24) is 4.57 Å². The van der Waals surface area contributed by atoms with Crippen molar-refractivity contribution in [2.24, 2.45) is 0 Å². The van der Waals surface area contributed by atoms with E-state index in [2.05, 4.69) is 0 Å². The van der Waals surface area contributed by atoms with Crippen LogP contribution in [0.1, 0.15) is 0 Å². The molecule has 14 heavy (non-hydrogen) atoms. The zero-order valence-corrected chi connectivity index (χ0v) is 7.01. The maximum Gasteiger partial charge on any atom is 0.337 e. The van der Waals surface area contributed by atoms with E-state index < -0.39 is 22.0 Å². The number of pyridine rings is 1. The molecule has 0 fully saturated rings. The third kappa shape index (κ3) is 1.94. The summed E-state index contributed by atoms with van der Waals surface area (Å²) < 4.78 is 13.5. The lowest BCUT2D eigenvalue weighted by atomic mass is 10.4. The summed E-state index contributed by atoms with van der Waals surface area (Å²) in [6.45, 7) is -0.558. The molecule has 0 aliphatic carbocycles. The Kier molecular flexibility index (Phi) is 2.92. The van der Waals surface area contributed by atoms with Gasteiger partial charge in [0.1, 0.15) is 5.82 Å². The van der Waals surface area contributed by atoms with Crippen LogP contribution in [0.2, 0.25) is 0 Å². The van der Waals surface area contributed by atoms with Crippen molar-refractivity contribution < 1.29 is 14.4 Å². The fourth-order valence-electron chi connectivity index (χ4n) is 0.989. The number of hydrogen-bond acceptors (Lipinski definition) is 4. The highest BCUT2D eigenvalue weighted by molar-refractivity contribution is 5.26. The van der Waals surface area contributed by atoms with Gasteiger partial charge in [0, 0.05) is 12.7 Å². The molecular formula is C7H7FN2O4. The van der Waals surface area contributed by atoms with Gasteiger partial charge in [0.2, 0.25) is 0 Å². The average Bonchev–Trinajstić information content (AvgIpc) is 2.10. The number of aliphatic hydroxyl groups is 1. The van der Waals surface area contributed by atoms with Gasteiger partial charge < -0.3 is 9.67 Å². The largest absolute Gasteiger partial charge is 0.395 e. The predicted molar refractivity (Wildman–Crippen MR) is 44.4 cm³/mol. The van der Waals surface area contributed by atoms with Gasteiger partial charge in [0.15, 0.2) is 0 Å². The van der Waals surface area contributed by atoms with Gasteiger partial charge in [0.25, 0.3) is 0 Å². The Hall–Kier alpha value is -1.76. The van der Waals surface area contributed by atoms with Crippen LogP contribution in [0, 0.1) is 15.9 Å². The average molecular weight is 202 g/mol. The Morgan fingerprint density at radius 1 is 1.64 bits per heavy atom. The minimum absolute atomic E-state index is 0.169. The molecule has 0 atom stereocenters. The molecular weight excluding hydrogens is 195 g/mol. The highest BCUT2D eigenvalue weighted by atomic mass is 19.1. The topological polar surface area (TPSA) is 85.4 Å². The highest BCUT2D eigenvalue weighted by Gasteiger charge is 2.16. The van der Waals surface area contributed by atoms with Gasteiger partial charge in [-0.25, -0.2) is 4.39 Å². The van der Waals surface area contributed by atoms with Crippen LogP contribution in [0.3, 0.4) is 0 Å². The molecule has 1 rings (SSSR count). The number of aliphatic hydroxyl groups excluding tert-OH is 1. The first-order valence-electron chi connectivity index (χ1n) is 3.71. The third-order valence-corrected chi connectivity index (χ3v) is 1.57. The van der Waals surface area contributed by atoms with E-state index in [0.29, 0.717) is 6.07 Å². The van der Waals surface area contributed by atoms with Crippen molar-refractivity contribution in [2.45, 2.75) is 6.54 Å². The summed E-state index contributed by atoms with van der Waals surface area (Å²) in [7, 11) is 0. The molecule has 0 radical (unpaired) electrons. The van der Waals surface area contributed by atoms with E-state index in [4.69, 9.17) is 5.11 Å². The summed E-state index contributed by atoms with van der Waals surface area (Å²) in [6.07, 6.45) is 0.811. The van der Waals surface area contributed by atoms with E-state index in [1.54, 1.807) is 0 Å². The van der Waals surface area contributed by atoms with Gasteiger partial charge in [-0.05, 0) is 0 Å². The molecule has 0 saturated carbocycles. The van der Waals surface area contributed by atoms with Crippen LogP contribution in [-0.2, 0) is 6.54 Å². The molecule has 1 N–H and O–H groups in total. The van der Waals surface area contributed by atoms with Crippen LogP contribution in [0.5, 0.6) is 0 Å². The van der Waals surface area contributed by atoms with Crippen LogP contribution in [-0.4, -0.2) is 21.2 Å².